The average Bonchev–Trinajstić information content (AvgIpc) is 2.59. The lowest BCUT2D eigenvalue weighted by Gasteiger charge is -2.12. The molecule has 0 spiro atoms. The fourth-order valence-corrected chi connectivity index (χ4v) is 2.30. The first-order valence-electron chi connectivity index (χ1n) is 4.65. The molecule has 0 N–H and O–H groups in total. The van der Waals surface area contributed by atoms with Gasteiger partial charge >= 0.3 is 0 Å². The minimum Gasteiger partial charge on any atom is -0.493 e. The number of halogens is 1. The van der Waals surface area contributed by atoms with Gasteiger partial charge < -0.3 is 9.47 Å². The van der Waals surface area contributed by atoms with Gasteiger partial charge in [-0.25, -0.2) is 0 Å². The van der Waals surface area contributed by atoms with Gasteiger partial charge in [-0.05, 0) is 24.5 Å². The predicted molar refractivity (Wildman–Crippen MR) is 56.5 cm³/mol. The zero-order chi connectivity index (χ0) is 10.1. The Hall–Kier alpha value is -0.890. The molecule has 1 aromatic carbocycles. The number of fused-ring (bicyclic) bond motifs is 1. The monoisotopic (exact) mass is 212 g/mol. The Labute approximate surface area is 88.8 Å². The first kappa shape index (κ1) is 9.66. The molecule has 0 aromatic heterocycles. The Kier molecular flexibility index (Phi) is 2.55. The zero-order valence-electron chi connectivity index (χ0n) is 8.34. The summed E-state index contributed by atoms with van der Waals surface area (Å²) in [7, 11) is 3.32. The van der Waals surface area contributed by atoms with Crippen LogP contribution in [0.25, 0.3) is 0 Å². The molecule has 1 aromatic rings. The normalized spacial score (nSPS) is 19.2. The maximum Gasteiger partial charge on any atom is 0.164 e. The molecule has 14 heavy (non-hydrogen) atoms. The summed E-state index contributed by atoms with van der Waals surface area (Å²) in [6.45, 7) is 0. The summed E-state index contributed by atoms with van der Waals surface area (Å²) >= 11 is 6.17. The minimum absolute atomic E-state index is 0.129. The van der Waals surface area contributed by atoms with E-state index in [-0.39, 0.29) is 5.38 Å². The van der Waals surface area contributed by atoms with Crippen molar-refractivity contribution in [2.45, 2.75) is 18.2 Å². The molecule has 0 saturated carbocycles. The van der Waals surface area contributed by atoms with Crippen molar-refractivity contribution >= 4 is 11.6 Å². The summed E-state index contributed by atoms with van der Waals surface area (Å²) in [6, 6.07) is 3.94. The van der Waals surface area contributed by atoms with Crippen molar-refractivity contribution in [2.75, 3.05) is 14.2 Å². The van der Waals surface area contributed by atoms with Crippen molar-refractivity contribution < 1.29 is 9.47 Å². The van der Waals surface area contributed by atoms with E-state index in [1.165, 1.54) is 11.1 Å². The van der Waals surface area contributed by atoms with Crippen LogP contribution in [0.5, 0.6) is 11.5 Å². The quantitative estimate of drug-likeness (QED) is 0.702. The minimum atomic E-state index is 0.129. The average molecular weight is 213 g/mol. The maximum absolute atomic E-state index is 6.17. The van der Waals surface area contributed by atoms with Crippen LogP contribution in [0.2, 0.25) is 0 Å². The van der Waals surface area contributed by atoms with Crippen LogP contribution < -0.4 is 9.47 Å². The molecule has 1 aliphatic carbocycles. The molecule has 0 heterocycles. The van der Waals surface area contributed by atoms with Gasteiger partial charge in [0.1, 0.15) is 0 Å². The van der Waals surface area contributed by atoms with E-state index in [4.69, 9.17) is 21.1 Å². The second-order valence-corrected chi connectivity index (χ2v) is 3.90. The first-order chi connectivity index (χ1) is 6.77. The Bertz CT molecular complexity index is 349. The van der Waals surface area contributed by atoms with Crippen molar-refractivity contribution in [3.63, 3.8) is 0 Å². The largest absolute Gasteiger partial charge is 0.493 e. The number of ether oxygens (including phenoxy) is 2. The van der Waals surface area contributed by atoms with Crippen LogP contribution in [-0.4, -0.2) is 14.2 Å². The standard InChI is InChI=1S/C11H13ClO2/c1-13-10-6-4-7-8(11(10)14-2)3-5-9(7)12/h4,6,9H,3,5H2,1-2H3. The Balaban J connectivity index is 2.54. The van der Waals surface area contributed by atoms with Crippen molar-refractivity contribution in [3.05, 3.63) is 23.3 Å². The molecule has 1 atom stereocenters. The van der Waals surface area contributed by atoms with Crippen molar-refractivity contribution in [2.24, 2.45) is 0 Å². The smallest absolute Gasteiger partial charge is 0.164 e. The molecule has 0 amide bonds. The van der Waals surface area contributed by atoms with Crippen LogP contribution in [0.4, 0.5) is 0 Å². The molecule has 76 valence electrons. The van der Waals surface area contributed by atoms with E-state index in [1.807, 2.05) is 12.1 Å². The summed E-state index contributed by atoms with van der Waals surface area (Å²) in [5.74, 6) is 1.63. The highest BCUT2D eigenvalue weighted by atomic mass is 35.5. The van der Waals surface area contributed by atoms with Crippen LogP contribution in [0.15, 0.2) is 12.1 Å². The Morgan fingerprint density at radius 1 is 1.29 bits per heavy atom. The molecule has 0 saturated heterocycles. The van der Waals surface area contributed by atoms with Gasteiger partial charge in [-0.15, -0.1) is 11.6 Å². The lowest BCUT2D eigenvalue weighted by Crippen LogP contribution is -1.95. The molecule has 2 nitrogen and oxygen atoms in total. The van der Waals surface area contributed by atoms with E-state index < -0.39 is 0 Å². The summed E-state index contributed by atoms with van der Waals surface area (Å²) in [5.41, 5.74) is 2.39. The second kappa shape index (κ2) is 3.70. The van der Waals surface area contributed by atoms with Gasteiger partial charge in [0, 0.05) is 5.56 Å². The summed E-state index contributed by atoms with van der Waals surface area (Å²) < 4.78 is 10.6. The highest BCUT2D eigenvalue weighted by Gasteiger charge is 2.25. The van der Waals surface area contributed by atoms with Gasteiger partial charge in [0.15, 0.2) is 11.5 Å². The molecular weight excluding hydrogens is 200 g/mol. The number of hydrogen-bond donors (Lipinski definition) is 0. The lowest BCUT2D eigenvalue weighted by atomic mass is 10.1. The lowest BCUT2D eigenvalue weighted by molar-refractivity contribution is 0.352. The second-order valence-electron chi connectivity index (χ2n) is 3.38. The van der Waals surface area contributed by atoms with E-state index in [0.29, 0.717) is 0 Å². The maximum atomic E-state index is 6.17. The molecule has 3 heteroatoms. The molecule has 0 bridgehead atoms. The molecule has 0 fully saturated rings. The highest BCUT2D eigenvalue weighted by Crippen LogP contribution is 2.44. The highest BCUT2D eigenvalue weighted by molar-refractivity contribution is 6.21. The first-order valence-corrected chi connectivity index (χ1v) is 5.09. The number of rotatable bonds is 2. The van der Waals surface area contributed by atoms with E-state index in [2.05, 4.69) is 0 Å². The third-order valence-corrected chi connectivity index (χ3v) is 3.12. The number of benzene rings is 1. The van der Waals surface area contributed by atoms with Gasteiger partial charge in [0.2, 0.25) is 0 Å². The number of hydrogen-bond acceptors (Lipinski definition) is 2. The van der Waals surface area contributed by atoms with Gasteiger partial charge in [-0.3, -0.25) is 0 Å². The van der Waals surface area contributed by atoms with E-state index in [0.717, 1.165) is 24.3 Å². The Morgan fingerprint density at radius 2 is 2.07 bits per heavy atom. The van der Waals surface area contributed by atoms with Gasteiger partial charge in [0.05, 0.1) is 19.6 Å². The molecule has 1 unspecified atom stereocenters. The summed E-state index contributed by atoms with van der Waals surface area (Å²) in [5, 5.41) is 0.129. The van der Waals surface area contributed by atoms with E-state index in [9.17, 15) is 0 Å². The molecule has 0 aliphatic heterocycles. The molecule has 2 rings (SSSR count). The summed E-state index contributed by atoms with van der Waals surface area (Å²) in [4.78, 5) is 0. The van der Waals surface area contributed by atoms with Crippen LogP contribution in [-0.2, 0) is 6.42 Å². The van der Waals surface area contributed by atoms with Gasteiger partial charge in [-0.1, -0.05) is 6.07 Å². The van der Waals surface area contributed by atoms with Gasteiger partial charge in [-0.2, -0.15) is 0 Å². The zero-order valence-corrected chi connectivity index (χ0v) is 9.10. The fraction of sp³-hybridized carbons (Fsp3) is 0.455. The molecular formula is C11H13ClO2. The van der Waals surface area contributed by atoms with Crippen LogP contribution in [0, 0.1) is 0 Å². The van der Waals surface area contributed by atoms with Crippen molar-refractivity contribution in [1.82, 2.24) is 0 Å². The van der Waals surface area contributed by atoms with Crippen LogP contribution in [0.1, 0.15) is 22.9 Å². The van der Waals surface area contributed by atoms with E-state index in [1.54, 1.807) is 14.2 Å². The van der Waals surface area contributed by atoms with E-state index >= 15 is 0 Å². The fourth-order valence-electron chi connectivity index (χ4n) is 1.98. The number of methoxy groups -OCH3 is 2. The summed E-state index contributed by atoms with van der Waals surface area (Å²) in [6.07, 6.45) is 1.96. The van der Waals surface area contributed by atoms with Crippen molar-refractivity contribution in [1.29, 1.82) is 0 Å². The molecule has 0 radical (unpaired) electrons. The van der Waals surface area contributed by atoms with Crippen molar-refractivity contribution in [3.8, 4) is 11.5 Å². The number of alkyl halides is 1. The molecule has 1 aliphatic rings. The van der Waals surface area contributed by atoms with Gasteiger partial charge in [0.25, 0.3) is 0 Å². The topological polar surface area (TPSA) is 18.5 Å². The van der Waals surface area contributed by atoms with Crippen LogP contribution in [0.3, 0.4) is 0 Å². The SMILES string of the molecule is COc1ccc2c(c1OC)CCC2Cl. The third kappa shape index (κ3) is 1.34. The van der Waals surface area contributed by atoms with Crippen LogP contribution >= 0.6 is 11.6 Å². The third-order valence-electron chi connectivity index (χ3n) is 2.67. The Morgan fingerprint density at radius 3 is 2.71 bits per heavy atom. The predicted octanol–water partition coefficient (Wildman–Crippen LogP) is 2.93.